The average molecular weight is 430 g/mol. The molecule has 0 atom stereocenters. The van der Waals surface area contributed by atoms with Crippen LogP contribution in [0.15, 0.2) is 54.7 Å². The fraction of sp³-hybridized carbons (Fsp3) is 0.280. The minimum Gasteiger partial charge on any atom is -0.273 e. The Bertz CT molecular complexity index is 1300. The maximum Gasteiger partial charge on any atom is 0.270 e. The molecule has 164 valence electrons. The van der Waals surface area contributed by atoms with Crippen LogP contribution in [0.25, 0.3) is 21.8 Å². The second-order valence-electron chi connectivity index (χ2n) is 8.49. The first-order chi connectivity index (χ1) is 15.3. The standard InChI is InChI=1S/C25H27N5O2/c1-15(2)22-13-20(21-14-26-30(16(3)4)24(21)27-22)25(32)29-28-23(31)12-18-10-7-9-17-8-5-6-11-19(17)18/h5-11,13-16H,12H2,1-4H3,(H,28,31)(H,29,32). The number of hydrazine groups is 1. The van der Waals surface area contributed by atoms with Gasteiger partial charge in [0.25, 0.3) is 5.91 Å². The number of carbonyl (C=O) groups is 2. The Morgan fingerprint density at radius 2 is 1.72 bits per heavy atom. The third-order valence-corrected chi connectivity index (χ3v) is 5.46. The first-order valence-electron chi connectivity index (χ1n) is 10.8. The van der Waals surface area contributed by atoms with E-state index in [9.17, 15) is 9.59 Å². The average Bonchev–Trinajstić information content (AvgIpc) is 3.21. The number of hydrogen-bond donors (Lipinski definition) is 2. The second-order valence-corrected chi connectivity index (χ2v) is 8.49. The van der Waals surface area contributed by atoms with Gasteiger partial charge in [0.1, 0.15) is 0 Å². The Balaban J connectivity index is 1.54. The van der Waals surface area contributed by atoms with Gasteiger partial charge in [-0.15, -0.1) is 0 Å². The van der Waals surface area contributed by atoms with Gasteiger partial charge in [-0.25, -0.2) is 9.67 Å². The summed E-state index contributed by atoms with van der Waals surface area (Å²) >= 11 is 0. The fourth-order valence-corrected chi connectivity index (χ4v) is 3.76. The van der Waals surface area contributed by atoms with Gasteiger partial charge in [-0.1, -0.05) is 56.3 Å². The van der Waals surface area contributed by atoms with Crippen molar-refractivity contribution in [2.75, 3.05) is 0 Å². The fourth-order valence-electron chi connectivity index (χ4n) is 3.76. The molecule has 7 heteroatoms. The SMILES string of the molecule is CC(C)c1cc(C(=O)NNC(=O)Cc2cccc3ccccc23)c2cnn(C(C)C)c2n1. The summed E-state index contributed by atoms with van der Waals surface area (Å²) in [6.45, 7) is 8.09. The third kappa shape index (κ3) is 4.19. The molecule has 32 heavy (non-hydrogen) atoms. The van der Waals surface area contributed by atoms with Crippen molar-refractivity contribution in [2.45, 2.75) is 46.1 Å². The Kier molecular flexibility index (Phi) is 5.90. The van der Waals surface area contributed by atoms with Crippen molar-refractivity contribution in [2.24, 2.45) is 0 Å². The van der Waals surface area contributed by atoms with E-state index < -0.39 is 5.91 Å². The van der Waals surface area contributed by atoms with E-state index in [1.807, 2.05) is 70.2 Å². The maximum absolute atomic E-state index is 13.0. The van der Waals surface area contributed by atoms with Gasteiger partial charge >= 0.3 is 0 Å². The van der Waals surface area contributed by atoms with E-state index in [4.69, 9.17) is 4.98 Å². The first-order valence-corrected chi connectivity index (χ1v) is 10.8. The van der Waals surface area contributed by atoms with Gasteiger partial charge in [0.15, 0.2) is 5.65 Å². The monoisotopic (exact) mass is 429 g/mol. The molecule has 0 aliphatic heterocycles. The zero-order valence-corrected chi connectivity index (χ0v) is 18.7. The largest absolute Gasteiger partial charge is 0.273 e. The topological polar surface area (TPSA) is 88.9 Å². The van der Waals surface area contributed by atoms with E-state index >= 15 is 0 Å². The summed E-state index contributed by atoms with van der Waals surface area (Å²) in [6.07, 6.45) is 1.81. The molecule has 0 radical (unpaired) electrons. The van der Waals surface area contributed by atoms with Gasteiger partial charge in [-0.2, -0.15) is 5.10 Å². The number of rotatable bonds is 5. The molecule has 2 N–H and O–H groups in total. The molecule has 0 saturated carbocycles. The normalized spacial score (nSPS) is 11.4. The Labute approximate surface area is 186 Å². The Morgan fingerprint density at radius 1 is 0.969 bits per heavy atom. The van der Waals surface area contributed by atoms with Crippen LogP contribution in [0.1, 0.15) is 61.3 Å². The van der Waals surface area contributed by atoms with Crippen LogP contribution in [0.5, 0.6) is 0 Å². The zero-order chi connectivity index (χ0) is 22.8. The lowest BCUT2D eigenvalue weighted by Crippen LogP contribution is -2.42. The highest BCUT2D eigenvalue weighted by atomic mass is 16.2. The van der Waals surface area contributed by atoms with Gasteiger partial charge in [-0.05, 0) is 42.2 Å². The van der Waals surface area contributed by atoms with Crippen LogP contribution in [-0.4, -0.2) is 26.6 Å². The maximum atomic E-state index is 13.0. The number of pyridine rings is 1. The molecule has 2 amide bonds. The lowest BCUT2D eigenvalue weighted by molar-refractivity contribution is -0.121. The molecule has 0 spiro atoms. The smallest absolute Gasteiger partial charge is 0.270 e. The third-order valence-electron chi connectivity index (χ3n) is 5.46. The van der Waals surface area contributed by atoms with Crippen LogP contribution in [0.3, 0.4) is 0 Å². The number of nitrogens with one attached hydrogen (secondary N) is 2. The van der Waals surface area contributed by atoms with E-state index in [1.54, 1.807) is 16.9 Å². The molecule has 2 heterocycles. The minimum absolute atomic E-state index is 0.110. The summed E-state index contributed by atoms with van der Waals surface area (Å²) in [5, 5.41) is 7.16. The summed E-state index contributed by atoms with van der Waals surface area (Å²) in [5.74, 6) is -0.543. The number of carbonyl (C=O) groups excluding carboxylic acids is 2. The summed E-state index contributed by atoms with van der Waals surface area (Å²) in [5.41, 5.74) is 7.92. The summed E-state index contributed by atoms with van der Waals surface area (Å²) in [7, 11) is 0. The molecule has 2 aromatic carbocycles. The number of benzene rings is 2. The van der Waals surface area contributed by atoms with E-state index in [-0.39, 0.29) is 24.3 Å². The van der Waals surface area contributed by atoms with Gasteiger partial charge in [0, 0.05) is 11.7 Å². The van der Waals surface area contributed by atoms with E-state index in [2.05, 4.69) is 16.0 Å². The number of hydrogen-bond acceptors (Lipinski definition) is 4. The molecule has 0 unspecified atom stereocenters. The molecular weight excluding hydrogens is 402 g/mol. The van der Waals surface area contributed by atoms with Crippen molar-refractivity contribution in [1.29, 1.82) is 0 Å². The first kappa shape index (κ1) is 21.5. The molecule has 4 aromatic rings. The highest BCUT2D eigenvalue weighted by molar-refractivity contribution is 6.06. The second kappa shape index (κ2) is 8.78. The van der Waals surface area contributed by atoms with E-state index in [0.29, 0.717) is 16.6 Å². The number of amides is 2. The van der Waals surface area contributed by atoms with Crippen molar-refractivity contribution in [1.82, 2.24) is 25.6 Å². The lowest BCUT2D eigenvalue weighted by Gasteiger charge is -2.13. The van der Waals surface area contributed by atoms with Crippen molar-refractivity contribution in [3.05, 3.63) is 71.5 Å². The van der Waals surface area contributed by atoms with E-state index in [1.165, 1.54) is 0 Å². The number of fused-ring (bicyclic) bond motifs is 2. The van der Waals surface area contributed by atoms with Crippen LogP contribution in [0, 0.1) is 0 Å². The molecular formula is C25H27N5O2. The highest BCUT2D eigenvalue weighted by Crippen LogP contribution is 2.24. The molecule has 0 bridgehead atoms. The predicted molar refractivity (Wildman–Crippen MR) is 125 cm³/mol. The molecule has 0 fully saturated rings. The highest BCUT2D eigenvalue weighted by Gasteiger charge is 2.19. The van der Waals surface area contributed by atoms with Crippen LogP contribution < -0.4 is 10.9 Å². The number of nitrogens with zero attached hydrogens (tertiary/aromatic N) is 3. The number of aromatic nitrogens is 3. The van der Waals surface area contributed by atoms with E-state index in [0.717, 1.165) is 22.0 Å². The van der Waals surface area contributed by atoms with Crippen molar-refractivity contribution >= 4 is 33.6 Å². The van der Waals surface area contributed by atoms with Crippen molar-refractivity contribution in [3.63, 3.8) is 0 Å². The summed E-state index contributed by atoms with van der Waals surface area (Å²) in [6, 6.07) is 15.7. The molecule has 0 saturated heterocycles. The minimum atomic E-state index is -0.395. The van der Waals surface area contributed by atoms with Gasteiger partial charge < -0.3 is 0 Å². The predicted octanol–water partition coefficient (Wildman–Crippen LogP) is 4.29. The molecule has 4 rings (SSSR count). The van der Waals surface area contributed by atoms with Crippen LogP contribution >= 0.6 is 0 Å². The van der Waals surface area contributed by atoms with Crippen LogP contribution in [0.4, 0.5) is 0 Å². The molecule has 7 nitrogen and oxygen atoms in total. The Morgan fingerprint density at radius 3 is 2.47 bits per heavy atom. The zero-order valence-electron chi connectivity index (χ0n) is 18.7. The van der Waals surface area contributed by atoms with Crippen LogP contribution in [0.2, 0.25) is 0 Å². The molecule has 2 aromatic heterocycles. The molecule has 0 aliphatic carbocycles. The van der Waals surface area contributed by atoms with Crippen LogP contribution in [-0.2, 0) is 11.2 Å². The van der Waals surface area contributed by atoms with Crippen molar-refractivity contribution < 1.29 is 9.59 Å². The van der Waals surface area contributed by atoms with Gasteiger partial charge in [0.05, 0.1) is 23.6 Å². The summed E-state index contributed by atoms with van der Waals surface area (Å²) in [4.78, 5) is 30.3. The van der Waals surface area contributed by atoms with Crippen molar-refractivity contribution in [3.8, 4) is 0 Å². The quantitative estimate of drug-likeness (QED) is 0.463. The summed E-state index contributed by atoms with van der Waals surface area (Å²) < 4.78 is 1.80. The van der Waals surface area contributed by atoms with Gasteiger partial charge in [-0.3, -0.25) is 20.4 Å². The van der Waals surface area contributed by atoms with Gasteiger partial charge in [0.2, 0.25) is 5.91 Å². The lowest BCUT2D eigenvalue weighted by atomic mass is 10.0. The Hall–Kier alpha value is -3.74. The molecule has 0 aliphatic rings.